The number of benzene rings is 2. The summed E-state index contributed by atoms with van der Waals surface area (Å²) in [5.41, 5.74) is 6.67. The highest BCUT2D eigenvalue weighted by molar-refractivity contribution is 7.99. The fraction of sp³-hybridized carbons (Fsp3) is 0.0588. The number of carboxylic acids is 1. The molecule has 0 radical (unpaired) electrons. The molecule has 0 aliphatic heterocycles. The van der Waals surface area contributed by atoms with Crippen LogP contribution in [0.4, 0.5) is 0 Å². The minimum Gasteiger partial charge on any atom is -0.478 e. The molecular weight excluding hydrogens is 370 g/mol. The van der Waals surface area contributed by atoms with Crippen molar-refractivity contribution in [2.24, 2.45) is 5.73 Å². The number of hydrogen-bond acceptors (Lipinski definition) is 7. The number of carboxylic acid groups (broad SMARTS) is 1. The maximum atomic E-state index is 12.3. The second kappa shape index (κ2) is 7.79. The van der Waals surface area contributed by atoms with Gasteiger partial charge in [-0.05, 0) is 46.8 Å². The number of carbonyl (C=O) groups excluding carboxylic acids is 2. The van der Waals surface area contributed by atoms with Crippen LogP contribution in [0.15, 0.2) is 53.7 Å². The van der Waals surface area contributed by atoms with Gasteiger partial charge in [-0.1, -0.05) is 23.9 Å². The Labute approximate surface area is 157 Å². The first-order valence-corrected chi connectivity index (χ1v) is 8.62. The predicted molar refractivity (Wildman–Crippen MR) is 96.1 cm³/mol. The van der Waals surface area contributed by atoms with Crippen molar-refractivity contribution in [2.45, 2.75) is 5.16 Å². The van der Waals surface area contributed by atoms with Gasteiger partial charge in [0.25, 0.3) is 0 Å². The number of tetrazole rings is 1. The highest BCUT2D eigenvalue weighted by atomic mass is 32.2. The Balaban J connectivity index is 1.70. The molecule has 9 nitrogen and oxygen atoms in total. The van der Waals surface area contributed by atoms with Crippen LogP contribution in [0, 0.1) is 0 Å². The molecule has 2 aromatic carbocycles. The van der Waals surface area contributed by atoms with Crippen LogP contribution in [0.3, 0.4) is 0 Å². The standard InChI is InChI=1S/C17H13N5O4S/c18-15(24)11-3-1-10(2-4-11)14(23)9-27-17-19-20-21-22(17)13-7-5-12(6-8-13)16(25)26/h1-8H,9H2,(H2,18,24)(H,25,26). The number of nitrogens with two attached hydrogens (primary N) is 1. The first kappa shape index (κ1) is 18.3. The van der Waals surface area contributed by atoms with Gasteiger partial charge in [0.1, 0.15) is 0 Å². The summed E-state index contributed by atoms with van der Waals surface area (Å²) in [4.78, 5) is 34.3. The summed E-state index contributed by atoms with van der Waals surface area (Å²) in [7, 11) is 0. The molecule has 0 spiro atoms. The van der Waals surface area contributed by atoms with Gasteiger partial charge in [0, 0.05) is 11.1 Å². The fourth-order valence-corrected chi connectivity index (χ4v) is 3.00. The second-order valence-corrected chi connectivity index (χ2v) is 6.32. The molecule has 0 bridgehead atoms. The predicted octanol–water partition coefficient (Wildman–Crippen LogP) is 1.43. The lowest BCUT2D eigenvalue weighted by Gasteiger charge is -2.05. The van der Waals surface area contributed by atoms with E-state index in [2.05, 4.69) is 15.5 Å². The third-order valence-electron chi connectivity index (χ3n) is 3.62. The molecule has 3 aromatic rings. The van der Waals surface area contributed by atoms with Crippen molar-refractivity contribution in [3.63, 3.8) is 0 Å². The molecule has 1 heterocycles. The maximum Gasteiger partial charge on any atom is 0.335 e. The van der Waals surface area contributed by atoms with Crippen LogP contribution in [-0.2, 0) is 0 Å². The minimum atomic E-state index is -1.03. The number of carbonyl (C=O) groups is 3. The Morgan fingerprint density at radius 2 is 1.56 bits per heavy atom. The molecule has 3 rings (SSSR count). The van der Waals surface area contributed by atoms with E-state index in [4.69, 9.17) is 10.8 Å². The van der Waals surface area contributed by atoms with Crippen molar-refractivity contribution < 1.29 is 19.5 Å². The molecular formula is C17H13N5O4S. The molecule has 0 saturated carbocycles. The lowest BCUT2D eigenvalue weighted by atomic mass is 10.1. The average molecular weight is 383 g/mol. The molecule has 136 valence electrons. The quantitative estimate of drug-likeness (QED) is 0.461. The maximum absolute atomic E-state index is 12.3. The zero-order chi connectivity index (χ0) is 19.4. The Morgan fingerprint density at radius 3 is 2.15 bits per heavy atom. The lowest BCUT2D eigenvalue weighted by Crippen LogP contribution is -2.11. The summed E-state index contributed by atoms with van der Waals surface area (Å²) in [6, 6.07) is 12.1. The number of hydrogen-bond donors (Lipinski definition) is 2. The Hall–Kier alpha value is -3.53. The van der Waals surface area contributed by atoms with Crippen molar-refractivity contribution >= 4 is 29.4 Å². The van der Waals surface area contributed by atoms with Crippen molar-refractivity contribution in [1.82, 2.24) is 20.2 Å². The molecule has 0 atom stereocenters. The number of Topliss-reactive ketones (excluding diaryl/α,β-unsaturated/α-hetero) is 1. The number of rotatable bonds is 7. The van der Waals surface area contributed by atoms with E-state index in [-0.39, 0.29) is 17.1 Å². The van der Waals surface area contributed by atoms with Gasteiger partial charge in [0.15, 0.2) is 5.78 Å². The number of primary amides is 1. The largest absolute Gasteiger partial charge is 0.478 e. The molecule has 0 unspecified atom stereocenters. The van der Waals surface area contributed by atoms with Gasteiger partial charge in [0.05, 0.1) is 17.0 Å². The third kappa shape index (κ3) is 4.18. The molecule has 1 aromatic heterocycles. The molecule has 0 saturated heterocycles. The van der Waals surface area contributed by atoms with E-state index in [1.807, 2.05) is 0 Å². The van der Waals surface area contributed by atoms with Crippen LogP contribution in [0.5, 0.6) is 0 Å². The fourth-order valence-electron chi connectivity index (χ4n) is 2.21. The molecule has 3 N–H and O–H groups in total. The summed E-state index contributed by atoms with van der Waals surface area (Å²) in [6.45, 7) is 0. The van der Waals surface area contributed by atoms with Crippen LogP contribution in [0.1, 0.15) is 31.1 Å². The monoisotopic (exact) mass is 383 g/mol. The SMILES string of the molecule is NC(=O)c1ccc(C(=O)CSc2nnnn2-c2ccc(C(=O)O)cc2)cc1. The summed E-state index contributed by atoms with van der Waals surface area (Å²) in [6.07, 6.45) is 0. The molecule has 10 heteroatoms. The van der Waals surface area contributed by atoms with E-state index in [1.54, 1.807) is 12.1 Å². The zero-order valence-electron chi connectivity index (χ0n) is 13.8. The van der Waals surface area contributed by atoms with E-state index in [1.165, 1.54) is 41.1 Å². The van der Waals surface area contributed by atoms with Crippen LogP contribution < -0.4 is 5.73 Å². The van der Waals surface area contributed by atoms with Gasteiger partial charge in [0.2, 0.25) is 11.1 Å². The van der Waals surface area contributed by atoms with E-state index in [0.717, 1.165) is 11.8 Å². The summed E-state index contributed by atoms with van der Waals surface area (Å²) in [5.74, 6) is -1.66. The molecule has 0 fully saturated rings. The van der Waals surface area contributed by atoms with Gasteiger partial charge in [-0.15, -0.1) is 5.10 Å². The van der Waals surface area contributed by atoms with Crippen LogP contribution in [-0.4, -0.2) is 48.7 Å². The van der Waals surface area contributed by atoms with Gasteiger partial charge in [-0.3, -0.25) is 9.59 Å². The third-order valence-corrected chi connectivity index (χ3v) is 4.54. The van der Waals surface area contributed by atoms with Gasteiger partial charge < -0.3 is 10.8 Å². The van der Waals surface area contributed by atoms with Gasteiger partial charge >= 0.3 is 5.97 Å². The molecule has 27 heavy (non-hydrogen) atoms. The van der Waals surface area contributed by atoms with Crippen molar-refractivity contribution in [1.29, 1.82) is 0 Å². The first-order valence-electron chi connectivity index (χ1n) is 7.63. The van der Waals surface area contributed by atoms with Crippen molar-refractivity contribution in [3.05, 3.63) is 65.2 Å². The Kier molecular flexibility index (Phi) is 5.27. The van der Waals surface area contributed by atoms with E-state index >= 15 is 0 Å². The minimum absolute atomic E-state index is 0.0868. The van der Waals surface area contributed by atoms with Crippen LogP contribution in [0.2, 0.25) is 0 Å². The number of nitrogens with zero attached hydrogens (tertiary/aromatic N) is 4. The first-order chi connectivity index (χ1) is 13.0. The summed E-state index contributed by atoms with van der Waals surface area (Å²) >= 11 is 1.14. The Bertz CT molecular complexity index is 999. The van der Waals surface area contributed by atoms with Crippen LogP contribution >= 0.6 is 11.8 Å². The number of aromatic nitrogens is 4. The molecule has 0 aliphatic rings. The normalized spacial score (nSPS) is 10.5. The van der Waals surface area contributed by atoms with E-state index in [0.29, 0.717) is 22.0 Å². The summed E-state index contributed by atoms with van der Waals surface area (Å²) in [5, 5.41) is 20.7. The highest BCUT2D eigenvalue weighted by Gasteiger charge is 2.14. The molecule has 1 amide bonds. The van der Waals surface area contributed by atoms with Gasteiger partial charge in [-0.25, -0.2) is 4.79 Å². The topological polar surface area (TPSA) is 141 Å². The Morgan fingerprint density at radius 1 is 0.963 bits per heavy atom. The number of amides is 1. The van der Waals surface area contributed by atoms with Crippen molar-refractivity contribution in [3.8, 4) is 5.69 Å². The number of ketones is 1. The van der Waals surface area contributed by atoms with Crippen LogP contribution in [0.25, 0.3) is 5.69 Å². The van der Waals surface area contributed by atoms with Gasteiger partial charge in [-0.2, -0.15) is 4.68 Å². The molecule has 0 aliphatic carbocycles. The smallest absolute Gasteiger partial charge is 0.335 e. The van der Waals surface area contributed by atoms with Crippen molar-refractivity contribution in [2.75, 3.05) is 5.75 Å². The highest BCUT2D eigenvalue weighted by Crippen LogP contribution is 2.20. The average Bonchev–Trinajstić information content (AvgIpc) is 3.14. The van der Waals surface area contributed by atoms with E-state index < -0.39 is 11.9 Å². The lowest BCUT2D eigenvalue weighted by molar-refractivity contribution is 0.0696. The number of aromatic carboxylic acids is 1. The summed E-state index contributed by atoms with van der Waals surface area (Å²) < 4.78 is 1.42. The van der Waals surface area contributed by atoms with E-state index in [9.17, 15) is 14.4 Å². The zero-order valence-corrected chi connectivity index (χ0v) is 14.6. The number of thioether (sulfide) groups is 1. The second-order valence-electron chi connectivity index (χ2n) is 5.38.